The number of ether oxygens (including phenoxy) is 2. The predicted octanol–water partition coefficient (Wildman–Crippen LogP) is 4.00. The number of nitrogens with zero attached hydrogens (tertiary/aromatic N) is 5. The molecule has 37 heavy (non-hydrogen) atoms. The number of rotatable bonds is 3. The predicted molar refractivity (Wildman–Crippen MR) is 130 cm³/mol. The maximum Gasteiger partial charge on any atom is 0.416 e. The quantitative estimate of drug-likeness (QED) is 0.545. The molecule has 1 saturated heterocycles. The fourth-order valence-corrected chi connectivity index (χ4v) is 4.31. The molecule has 4 rings (SSSR count). The number of amides is 3. The number of anilines is 2. The van der Waals surface area contributed by atoms with Gasteiger partial charge in [0.1, 0.15) is 34.7 Å². The number of benzene rings is 1. The maximum atomic E-state index is 14.6. The zero-order chi connectivity index (χ0) is 27.2. The van der Waals surface area contributed by atoms with Gasteiger partial charge < -0.3 is 19.3 Å². The van der Waals surface area contributed by atoms with E-state index in [1.165, 1.54) is 11.9 Å². The van der Waals surface area contributed by atoms with Crippen molar-refractivity contribution in [3.05, 3.63) is 45.9 Å². The molecule has 0 bridgehead atoms. The first-order valence-corrected chi connectivity index (χ1v) is 11.9. The number of halogens is 3. The maximum absolute atomic E-state index is 14.6. The Balaban J connectivity index is 1.68. The molecule has 2 aromatic rings. The van der Waals surface area contributed by atoms with Crippen LogP contribution in [0.25, 0.3) is 0 Å². The van der Waals surface area contributed by atoms with Crippen LogP contribution in [0.1, 0.15) is 37.9 Å². The summed E-state index contributed by atoms with van der Waals surface area (Å²) >= 11 is 5.68. The smallest absolute Gasteiger partial charge is 0.416 e. The van der Waals surface area contributed by atoms with Gasteiger partial charge in [-0.1, -0.05) is 11.6 Å². The third-order valence-corrected chi connectivity index (χ3v) is 6.24. The molecule has 2 aliphatic heterocycles. The number of likely N-dealkylation sites (N-methyl/N-ethyl adjacent to an activating group) is 1. The Hall–Kier alpha value is -3.54. The highest BCUT2D eigenvalue weighted by molar-refractivity contribution is 6.31. The molecule has 0 radical (unpaired) electrons. The Kier molecular flexibility index (Phi) is 6.97. The molecule has 0 N–H and O–H groups in total. The summed E-state index contributed by atoms with van der Waals surface area (Å²) in [6.07, 6.45) is -0.991. The van der Waals surface area contributed by atoms with Crippen molar-refractivity contribution in [1.82, 2.24) is 14.9 Å². The first-order valence-electron chi connectivity index (χ1n) is 11.5. The SMILES string of the molecule is Cc1nc2c(c(N3C(=O)OCC3C(=O)N(C)c3ccc(F)c(Cl)c3F)n1)CN(C(=O)OC(C)(C)C)CC2. The Labute approximate surface area is 217 Å². The van der Waals surface area contributed by atoms with Gasteiger partial charge in [0.25, 0.3) is 5.91 Å². The van der Waals surface area contributed by atoms with Gasteiger partial charge >= 0.3 is 12.2 Å². The van der Waals surface area contributed by atoms with Gasteiger partial charge in [-0.05, 0) is 39.8 Å². The molecule has 2 aliphatic rings. The van der Waals surface area contributed by atoms with Crippen LogP contribution >= 0.6 is 11.6 Å². The van der Waals surface area contributed by atoms with E-state index >= 15 is 0 Å². The van der Waals surface area contributed by atoms with E-state index in [1.54, 1.807) is 27.7 Å². The second-order valence-corrected chi connectivity index (χ2v) is 10.1. The van der Waals surface area contributed by atoms with Crippen LogP contribution < -0.4 is 9.80 Å². The molecule has 3 amide bonds. The van der Waals surface area contributed by atoms with Gasteiger partial charge in [-0.15, -0.1) is 0 Å². The first-order chi connectivity index (χ1) is 17.3. The van der Waals surface area contributed by atoms with Crippen LogP contribution in [-0.2, 0) is 27.2 Å². The van der Waals surface area contributed by atoms with E-state index < -0.39 is 46.4 Å². The highest BCUT2D eigenvalue weighted by Crippen LogP contribution is 2.33. The highest BCUT2D eigenvalue weighted by Gasteiger charge is 2.44. The van der Waals surface area contributed by atoms with Crippen molar-refractivity contribution in [2.75, 3.05) is 30.0 Å². The van der Waals surface area contributed by atoms with Crippen molar-refractivity contribution in [3.8, 4) is 0 Å². The molecule has 1 atom stereocenters. The van der Waals surface area contributed by atoms with E-state index in [1.807, 2.05) is 0 Å². The van der Waals surface area contributed by atoms with Crippen LogP contribution in [0.3, 0.4) is 0 Å². The fraction of sp³-hybridized carbons (Fsp3) is 0.458. The number of carbonyl (C=O) groups excluding carboxylic acids is 3. The summed E-state index contributed by atoms with van der Waals surface area (Å²) in [5.74, 6) is -2.32. The second kappa shape index (κ2) is 9.73. The lowest BCUT2D eigenvalue weighted by Gasteiger charge is -2.33. The van der Waals surface area contributed by atoms with Gasteiger partial charge in [0, 0.05) is 25.6 Å². The van der Waals surface area contributed by atoms with E-state index in [9.17, 15) is 23.2 Å². The number of hydrogen-bond donors (Lipinski definition) is 0. The summed E-state index contributed by atoms with van der Waals surface area (Å²) in [5.41, 5.74) is 0.118. The largest absolute Gasteiger partial charge is 0.446 e. The van der Waals surface area contributed by atoms with Crippen LogP contribution in [0.5, 0.6) is 0 Å². The molecule has 10 nitrogen and oxygen atoms in total. The Bertz CT molecular complexity index is 1290. The van der Waals surface area contributed by atoms with Crippen molar-refractivity contribution < 1.29 is 32.6 Å². The molecule has 13 heteroatoms. The number of aromatic nitrogens is 2. The average Bonchev–Trinajstić information content (AvgIpc) is 3.20. The molecule has 0 saturated carbocycles. The molecule has 1 aromatic carbocycles. The Morgan fingerprint density at radius 3 is 2.62 bits per heavy atom. The van der Waals surface area contributed by atoms with Crippen molar-refractivity contribution in [2.24, 2.45) is 0 Å². The second-order valence-electron chi connectivity index (χ2n) is 9.73. The molecule has 1 unspecified atom stereocenters. The third kappa shape index (κ3) is 5.15. The van der Waals surface area contributed by atoms with E-state index in [4.69, 9.17) is 21.1 Å². The minimum Gasteiger partial charge on any atom is -0.446 e. The minimum atomic E-state index is -1.21. The zero-order valence-electron chi connectivity index (χ0n) is 21.0. The number of cyclic esters (lactones) is 1. The molecular weight excluding hydrogens is 512 g/mol. The van der Waals surface area contributed by atoms with Gasteiger partial charge in [-0.25, -0.2) is 33.2 Å². The van der Waals surface area contributed by atoms with Crippen LogP contribution in [0.2, 0.25) is 5.02 Å². The van der Waals surface area contributed by atoms with Crippen LogP contribution in [0, 0.1) is 18.6 Å². The van der Waals surface area contributed by atoms with Gasteiger partial charge in [0.05, 0.1) is 17.9 Å². The van der Waals surface area contributed by atoms with Crippen LogP contribution in [-0.4, -0.2) is 64.8 Å². The van der Waals surface area contributed by atoms with Crippen molar-refractivity contribution in [2.45, 2.75) is 52.3 Å². The number of hydrogen-bond acceptors (Lipinski definition) is 7. The van der Waals surface area contributed by atoms with E-state index in [0.29, 0.717) is 30.0 Å². The summed E-state index contributed by atoms with van der Waals surface area (Å²) < 4.78 is 38.9. The fourth-order valence-electron chi connectivity index (χ4n) is 4.15. The van der Waals surface area contributed by atoms with Crippen molar-refractivity contribution >= 4 is 41.2 Å². The lowest BCUT2D eigenvalue weighted by molar-refractivity contribution is -0.119. The summed E-state index contributed by atoms with van der Waals surface area (Å²) in [6.45, 7) is 6.97. The number of fused-ring (bicyclic) bond motifs is 1. The minimum absolute atomic E-state index is 0.0442. The molecule has 1 aromatic heterocycles. The highest BCUT2D eigenvalue weighted by atomic mass is 35.5. The lowest BCUT2D eigenvalue weighted by atomic mass is 10.0. The standard InChI is InChI=1S/C24H26ClF2N5O5/c1-12-28-15-8-9-31(22(34)37-24(2,3)4)10-13(15)20(29-12)32-17(11-36-23(32)35)21(33)30(5)16-7-6-14(26)18(25)19(16)27/h6-7,17H,8-11H2,1-5H3. The average molecular weight is 538 g/mol. The normalized spacial score (nSPS) is 17.4. The van der Waals surface area contributed by atoms with E-state index in [0.717, 1.165) is 21.9 Å². The number of carbonyl (C=O) groups is 3. The summed E-state index contributed by atoms with van der Waals surface area (Å²) in [5, 5.41) is -0.754. The van der Waals surface area contributed by atoms with Gasteiger partial charge in [-0.3, -0.25) is 4.79 Å². The molecule has 0 aliphatic carbocycles. The van der Waals surface area contributed by atoms with Gasteiger partial charge in [0.15, 0.2) is 11.9 Å². The van der Waals surface area contributed by atoms with Crippen LogP contribution in [0.15, 0.2) is 12.1 Å². The lowest BCUT2D eigenvalue weighted by Crippen LogP contribution is -2.48. The van der Waals surface area contributed by atoms with E-state index in [2.05, 4.69) is 9.97 Å². The van der Waals surface area contributed by atoms with Crippen LogP contribution in [0.4, 0.5) is 29.9 Å². The molecule has 3 heterocycles. The Morgan fingerprint density at radius 1 is 1.24 bits per heavy atom. The number of aryl methyl sites for hydroxylation is 1. The summed E-state index contributed by atoms with van der Waals surface area (Å²) in [7, 11) is 1.28. The first kappa shape index (κ1) is 26.5. The monoisotopic (exact) mass is 537 g/mol. The van der Waals surface area contributed by atoms with Gasteiger partial charge in [0.2, 0.25) is 0 Å². The van der Waals surface area contributed by atoms with Crippen molar-refractivity contribution in [1.29, 1.82) is 0 Å². The summed E-state index contributed by atoms with van der Waals surface area (Å²) in [6, 6.07) is 0.802. The third-order valence-electron chi connectivity index (χ3n) is 5.89. The molecule has 1 fully saturated rings. The molecule has 0 spiro atoms. The van der Waals surface area contributed by atoms with E-state index in [-0.39, 0.29) is 24.7 Å². The molecule has 198 valence electrons. The zero-order valence-corrected chi connectivity index (χ0v) is 21.7. The molecular formula is C24H26ClF2N5O5. The van der Waals surface area contributed by atoms with Crippen molar-refractivity contribution in [3.63, 3.8) is 0 Å². The van der Waals surface area contributed by atoms with Gasteiger partial charge in [-0.2, -0.15) is 0 Å². The summed E-state index contributed by atoms with van der Waals surface area (Å²) in [4.78, 5) is 51.3. The topological polar surface area (TPSA) is 105 Å². The Morgan fingerprint density at radius 2 is 1.95 bits per heavy atom.